The van der Waals surface area contributed by atoms with Crippen molar-refractivity contribution >= 4 is 36.8 Å². The molecule has 7 rings (SSSR count). The minimum atomic E-state index is -3.51. The number of aromatic amines is 1. The summed E-state index contributed by atoms with van der Waals surface area (Å²) < 4.78 is 24.7. The number of amides is 2. The number of fused-ring (bicyclic) bond motifs is 3. The third-order valence-corrected chi connectivity index (χ3v) is 12.7. The van der Waals surface area contributed by atoms with Crippen molar-refractivity contribution in [3.63, 3.8) is 0 Å². The molecule has 3 aromatic carbocycles. The number of benzene rings is 3. The first-order chi connectivity index (χ1) is 22.0. The van der Waals surface area contributed by atoms with Gasteiger partial charge in [-0.05, 0) is 61.8 Å². The van der Waals surface area contributed by atoms with E-state index in [9.17, 15) is 19.5 Å². The van der Waals surface area contributed by atoms with Crippen LogP contribution in [0.3, 0.4) is 0 Å². The monoisotopic (exact) mass is 642 g/mol. The quantitative estimate of drug-likeness (QED) is 0.218. The standard InChI is InChI=1S/C35H39FN4O5Si/c1-22-32(46(2,3)36)30(19-31(42)38-17-9-12-25(38)21-41)45-35(22)27-18-24(40-33(43)26-13-7-8-14-28(26)37-40)15-16-29(27)39(34(35)44)20-23-10-5-4-6-11-23/h4-8,10-11,13-16,18,22,25,30,32,37,41H,9,12,17,19-21H2,1-3H3/t22-,25+,30+,32-,35+/m1/s1. The number of aromatic nitrogens is 2. The summed E-state index contributed by atoms with van der Waals surface area (Å²) in [5, 5.41) is 13.6. The summed E-state index contributed by atoms with van der Waals surface area (Å²) in [7, 11) is -3.51. The van der Waals surface area contributed by atoms with Crippen molar-refractivity contribution in [1.29, 1.82) is 0 Å². The predicted molar refractivity (Wildman–Crippen MR) is 176 cm³/mol. The molecule has 0 radical (unpaired) electrons. The lowest BCUT2D eigenvalue weighted by Crippen LogP contribution is -2.45. The number of nitrogens with zero attached hydrogens (tertiary/aromatic N) is 3. The van der Waals surface area contributed by atoms with Crippen LogP contribution in [0.2, 0.25) is 18.6 Å². The molecule has 2 saturated heterocycles. The van der Waals surface area contributed by atoms with E-state index in [1.807, 2.05) is 67.6 Å². The van der Waals surface area contributed by atoms with Crippen molar-refractivity contribution in [1.82, 2.24) is 14.7 Å². The molecule has 3 aliphatic rings. The van der Waals surface area contributed by atoms with Crippen molar-refractivity contribution < 1.29 is 23.5 Å². The lowest BCUT2D eigenvalue weighted by atomic mass is 9.82. The van der Waals surface area contributed by atoms with Crippen molar-refractivity contribution in [2.75, 3.05) is 18.1 Å². The Hall–Kier alpha value is -4.06. The minimum Gasteiger partial charge on any atom is -0.394 e. The van der Waals surface area contributed by atoms with Crippen molar-refractivity contribution in [2.24, 2.45) is 5.92 Å². The molecule has 4 aromatic rings. The first-order valence-corrected chi connectivity index (χ1v) is 19.0. The Balaban J connectivity index is 1.35. The molecule has 11 heteroatoms. The summed E-state index contributed by atoms with van der Waals surface area (Å²) in [5.74, 6) is -1.09. The molecule has 2 N–H and O–H groups in total. The lowest BCUT2D eigenvalue weighted by molar-refractivity contribution is -0.150. The number of hydrogen-bond donors (Lipinski definition) is 2. The molecule has 0 unspecified atom stereocenters. The molecule has 1 spiro atoms. The zero-order valence-corrected chi connectivity index (χ0v) is 27.3. The highest BCUT2D eigenvalue weighted by molar-refractivity contribution is 6.72. The van der Waals surface area contributed by atoms with E-state index in [1.54, 1.807) is 35.0 Å². The number of carbonyl (C=O) groups excluding carboxylic acids is 2. The van der Waals surface area contributed by atoms with Gasteiger partial charge in [0, 0.05) is 23.6 Å². The number of aliphatic hydroxyl groups is 1. The first kappa shape index (κ1) is 30.6. The average Bonchev–Trinajstić information content (AvgIpc) is 3.78. The minimum absolute atomic E-state index is 0.0733. The van der Waals surface area contributed by atoms with Gasteiger partial charge in [-0.25, -0.2) is 4.68 Å². The number of rotatable bonds is 7. The molecule has 46 heavy (non-hydrogen) atoms. The second kappa shape index (κ2) is 11.3. The van der Waals surface area contributed by atoms with Crippen LogP contribution in [0.5, 0.6) is 0 Å². The van der Waals surface area contributed by atoms with Gasteiger partial charge in [-0.15, -0.1) is 0 Å². The van der Waals surface area contributed by atoms with Crippen LogP contribution >= 0.6 is 0 Å². The maximum atomic E-state index is 16.4. The van der Waals surface area contributed by atoms with Gasteiger partial charge in [0.25, 0.3) is 11.5 Å². The Kier molecular flexibility index (Phi) is 7.53. The molecule has 3 aliphatic heterocycles. The highest BCUT2D eigenvalue weighted by Crippen LogP contribution is 2.60. The second-order valence-electron chi connectivity index (χ2n) is 13.4. The average molecular weight is 643 g/mol. The third kappa shape index (κ3) is 4.75. The predicted octanol–water partition coefficient (Wildman–Crippen LogP) is 5.01. The van der Waals surface area contributed by atoms with Crippen LogP contribution in [0.25, 0.3) is 16.6 Å². The zero-order chi connectivity index (χ0) is 32.4. The highest BCUT2D eigenvalue weighted by atomic mass is 28.4. The normalized spacial score (nSPS) is 26.1. The Bertz CT molecular complexity index is 1870. The van der Waals surface area contributed by atoms with Gasteiger partial charge in [0.2, 0.25) is 14.3 Å². The molecule has 2 amide bonds. The molecule has 5 atom stereocenters. The summed E-state index contributed by atoms with van der Waals surface area (Å²) in [6.45, 7) is 5.79. The van der Waals surface area contributed by atoms with Gasteiger partial charge in [-0.2, -0.15) is 0 Å². The van der Waals surface area contributed by atoms with Gasteiger partial charge >= 0.3 is 0 Å². The van der Waals surface area contributed by atoms with Crippen molar-refractivity contribution in [2.45, 2.75) is 69.1 Å². The number of likely N-dealkylation sites (tertiary alicyclic amines) is 1. The number of para-hydroxylation sites is 1. The lowest BCUT2D eigenvalue weighted by Gasteiger charge is -2.31. The van der Waals surface area contributed by atoms with E-state index in [0.29, 0.717) is 34.4 Å². The molecule has 0 bridgehead atoms. The fourth-order valence-electron chi connectivity index (χ4n) is 8.18. The molecule has 240 valence electrons. The largest absolute Gasteiger partial charge is 0.394 e. The van der Waals surface area contributed by atoms with Gasteiger partial charge < -0.3 is 23.8 Å². The molecule has 9 nitrogen and oxygen atoms in total. The van der Waals surface area contributed by atoms with E-state index in [1.165, 1.54) is 4.68 Å². The van der Waals surface area contributed by atoms with Crippen LogP contribution in [-0.2, 0) is 26.5 Å². The summed E-state index contributed by atoms with van der Waals surface area (Å²) in [6.07, 6.45) is 0.612. The Morgan fingerprint density at radius 1 is 1.09 bits per heavy atom. The second-order valence-corrected chi connectivity index (χ2v) is 17.2. The van der Waals surface area contributed by atoms with Gasteiger partial charge in [0.05, 0.1) is 54.0 Å². The Morgan fingerprint density at radius 2 is 1.83 bits per heavy atom. The van der Waals surface area contributed by atoms with Crippen molar-refractivity contribution in [3.05, 3.63) is 94.3 Å². The van der Waals surface area contributed by atoms with E-state index in [0.717, 1.165) is 18.4 Å². The number of halogens is 1. The first-order valence-electron chi connectivity index (χ1n) is 16.0. The fraction of sp³-hybridized carbons (Fsp3) is 0.400. The zero-order valence-electron chi connectivity index (χ0n) is 26.3. The number of H-pyrrole nitrogens is 1. The topological polar surface area (TPSA) is 108 Å². The number of anilines is 1. The number of carbonyl (C=O) groups is 2. The van der Waals surface area contributed by atoms with Crippen LogP contribution in [-0.4, -0.2) is 65.3 Å². The van der Waals surface area contributed by atoms with E-state index >= 15 is 4.11 Å². The number of aliphatic hydroxyl groups excluding tert-OH is 1. The van der Waals surface area contributed by atoms with Crippen LogP contribution in [0, 0.1) is 5.92 Å². The van der Waals surface area contributed by atoms with E-state index in [-0.39, 0.29) is 43.0 Å². The maximum absolute atomic E-state index is 16.4. The van der Waals surface area contributed by atoms with Crippen LogP contribution < -0.4 is 10.5 Å². The SMILES string of the molecule is C[C@@H]1[C@@H]([Si](C)(C)F)[C@H](CC(=O)N2CCC[C@H]2CO)O[C@@]12C(=O)N(Cc1ccccc1)c1ccc(-n3[nH]c4ccccc4c3=O)cc12. The van der Waals surface area contributed by atoms with Crippen LogP contribution in [0.1, 0.15) is 37.3 Å². The molecule has 0 aliphatic carbocycles. The summed E-state index contributed by atoms with van der Waals surface area (Å²) >= 11 is 0. The molecule has 2 fully saturated rings. The number of ether oxygens (including phenoxy) is 1. The summed E-state index contributed by atoms with van der Waals surface area (Å²) in [5.41, 5.74) is 0.908. The van der Waals surface area contributed by atoms with E-state index < -0.39 is 31.6 Å². The van der Waals surface area contributed by atoms with E-state index in [4.69, 9.17) is 4.74 Å². The molecular formula is C35H39FN4O5Si. The van der Waals surface area contributed by atoms with E-state index in [2.05, 4.69) is 5.10 Å². The van der Waals surface area contributed by atoms with Crippen molar-refractivity contribution in [3.8, 4) is 5.69 Å². The van der Waals surface area contributed by atoms with Crippen LogP contribution in [0.4, 0.5) is 9.80 Å². The fourth-order valence-corrected chi connectivity index (χ4v) is 10.7. The summed E-state index contributed by atoms with van der Waals surface area (Å²) in [4.78, 5) is 45.2. The number of hydrogen-bond acceptors (Lipinski definition) is 5. The molecule has 4 heterocycles. The smallest absolute Gasteiger partial charge is 0.279 e. The maximum Gasteiger partial charge on any atom is 0.279 e. The van der Waals surface area contributed by atoms with Crippen LogP contribution in [0.15, 0.2) is 77.6 Å². The van der Waals surface area contributed by atoms with Gasteiger partial charge in [-0.3, -0.25) is 19.5 Å². The highest BCUT2D eigenvalue weighted by Gasteiger charge is 2.67. The Morgan fingerprint density at radius 3 is 2.54 bits per heavy atom. The van der Waals surface area contributed by atoms with Gasteiger partial charge in [-0.1, -0.05) is 49.4 Å². The van der Waals surface area contributed by atoms with Gasteiger partial charge in [0.15, 0.2) is 5.60 Å². The molecule has 1 aromatic heterocycles. The number of nitrogens with one attached hydrogen (secondary N) is 1. The molecular weight excluding hydrogens is 603 g/mol. The Labute approximate surface area is 267 Å². The molecule has 0 saturated carbocycles. The van der Waals surface area contributed by atoms with Gasteiger partial charge in [0.1, 0.15) is 0 Å². The summed E-state index contributed by atoms with van der Waals surface area (Å²) in [6, 6.07) is 22.1. The third-order valence-electron chi connectivity index (χ3n) is 10.3.